The van der Waals surface area contributed by atoms with Crippen LogP contribution < -0.4 is 10.1 Å². The molecule has 0 spiro atoms. The molecule has 1 aliphatic heterocycles. The van der Waals surface area contributed by atoms with Gasteiger partial charge >= 0.3 is 0 Å². The van der Waals surface area contributed by atoms with Crippen LogP contribution in [0.15, 0.2) is 41.4 Å². The van der Waals surface area contributed by atoms with Crippen molar-refractivity contribution in [3.8, 4) is 5.75 Å². The van der Waals surface area contributed by atoms with Crippen molar-refractivity contribution in [2.24, 2.45) is 0 Å². The minimum atomic E-state index is -0.0346. The minimum absolute atomic E-state index is 0.0146. The number of hydrogen-bond donors (Lipinski definition) is 1. The average Bonchev–Trinajstić information content (AvgIpc) is 3.22. The van der Waals surface area contributed by atoms with E-state index in [1.54, 1.807) is 24.5 Å². The van der Waals surface area contributed by atoms with Crippen molar-refractivity contribution >= 4 is 23.2 Å². The van der Waals surface area contributed by atoms with Gasteiger partial charge in [0.2, 0.25) is 0 Å². The average molecular weight is 374 g/mol. The molecule has 0 aliphatic carbocycles. The van der Waals surface area contributed by atoms with E-state index in [-0.39, 0.29) is 18.4 Å². The van der Waals surface area contributed by atoms with E-state index < -0.39 is 0 Å². The van der Waals surface area contributed by atoms with Crippen LogP contribution in [0.3, 0.4) is 0 Å². The highest BCUT2D eigenvalue weighted by atomic mass is 32.1. The van der Waals surface area contributed by atoms with E-state index in [1.807, 2.05) is 21.7 Å². The molecule has 0 aromatic carbocycles. The summed E-state index contributed by atoms with van der Waals surface area (Å²) in [4.78, 5) is 32.1. The van der Waals surface area contributed by atoms with Gasteiger partial charge in [-0.25, -0.2) is 0 Å². The van der Waals surface area contributed by atoms with Gasteiger partial charge in [0.1, 0.15) is 5.75 Å². The number of ether oxygens (including phenoxy) is 1. The fourth-order valence-electron chi connectivity index (χ4n) is 2.71. The lowest BCUT2D eigenvalue weighted by molar-refractivity contribution is -0.135. The molecule has 0 atom stereocenters. The molecule has 3 heterocycles. The Morgan fingerprint density at radius 2 is 2.08 bits per heavy atom. The zero-order valence-electron chi connectivity index (χ0n) is 14.5. The van der Waals surface area contributed by atoms with Crippen LogP contribution in [0, 0.1) is 0 Å². The first kappa shape index (κ1) is 18.3. The maximum absolute atomic E-state index is 12.2. The highest BCUT2D eigenvalue weighted by Crippen LogP contribution is 2.08. The van der Waals surface area contributed by atoms with Gasteiger partial charge in [0.05, 0.1) is 6.20 Å². The second kappa shape index (κ2) is 9.30. The first-order valence-electron chi connectivity index (χ1n) is 8.56. The van der Waals surface area contributed by atoms with Gasteiger partial charge in [-0.1, -0.05) is 0 Å². The fourth-order valence-corrected chi connectivity index (χ4v) is 3.35. The smallest absolute Gasteiger partial charge is 0.260 e. The molecule has 0 saturated carbocycles. The summed E-state index contributed by atoms with van der Waals surface area (Å²) >= 11 is 1.51. The number of rotatable bonds is 7. The molecule has 7 nitrogen and oxygen atoms in total. The van der Waals surface area contributed by atoms with Crippen LogP contribution in [-0.2, 0) is 4.79 Å². The lowest BCUT2D eigenvalue weighted by atomic mass is 10.3. The molecule has 2 aromatic rings. The number of nitrogens with one attached hydrogen (secondary N) is 1. The first-order valence-corrected chi connectivity index (χ1v) is 9.50. The maximum atomic E-state index is 12.2. The third kappa shape index (κ3) is 5.27. The molecule has 0 unspecified atom stereocenters. The van der Waals surface area contributed by atoms with E-state index in [0.29, 0.717) is 30.9 Å². The van der Waals surface area contributed by atoms with Crippen molar-refractivity contribution in [3.05, 3.63) is 46.9 Å². The molecule has 1 saturated heterocycles. The number of hydrogen-bond acceptors (Lipinski definition) is 6. The first-order chi connectivity index (χ1) is 12.7. The van der Waals surface area contributed by atoms with Crippen LogP contribution in [0.5, 0.6) is 5.75 Å². The topological polar surface area (TPSA) is 74.8 Å². The number of carbonyl (C=O) groups excluding carboxylic acids is 2. The number of piperazine rings is 1. The maximum Gasteiger partial charge on any atom is 0.260 e. The minimum Gasteiger partial charge on any atom is -0.482 e. The third-order valence-electron chi connectivity index (χ3n) is 4.22. The lowest BCUT2D eigenvalue weighted by Gasteiger charge is -2.34. The molecular weight excluding hydrogens is 352 g/mol. The summed E-state index contributed by atoms with van der Waals surface area (Å²) in [7, 11) is 0. The zero-order chi connectivity index (χ0) is 18.2. The Bertz CT molecular complexity index is 700. The van der Waals surface area contributed by atoms with Gasteiger partial charge in [-0.05, 0) is 23.6 Å². The summed E-state index contributed by atoms with van der Waals surface area (Å²) in [6.45, 7) is 4.36. The molecule has 8 heteroatoms. The van der Waals surface area contributed by atoms with E-state index in [1.165, 1.54) is 11.3 Å². The molecular formula is C18H22N4O3S. The molecule has 1 aliphatic rings. The van der Waals surface area contributed by atoms with Crippen LogP contribution in [0.4, 0.5) is 0 Å². The Labute approximate surface area is 156 Å². The fraction of sp³-hybridized carbons (Fsp3) is 0.389. The van der Waals surface area contributed by atoms with E-state index in [9.17, 15) is 9.59 Å². The van der Waals surface area contributed by atoms with Gasteiger partial charge < -0.3 is 15.0 Å². The van der Waals surface area contributed by atoms with E-state index in [2.05, 4.69) is 15.2 Å². The molecule has 0 bridgehead atoms. The van der Waals surface area contributed by atoms with Crippen molar-refractivity contribution < 1.29 is 14.3 Å². The number of amides is 2. The van der Waals surface area contributed by atoms with Gasteiger partial charge in [-0.3, -0.25) is 19.5 Å². The Morgan fingerprint density at radius 1 is 1.23 bits per heavy atom. The van der Waals surface area contributed by atoms with Crippen molar-refractivity contribution in [1.29, 1.82) is 0 Å². The normalized spacial score (nSPS) is 14.8. The van der Waals surface area contributed by atoms with Crippen LogP contribution in [0.2, 0.25) is 0 Å². The third-order valence-corrected chi connectivity index (χ3v) is 4.90. The van der Waals surface area contributed by atoms with Crippen molar-refractivity contribution in [2.45, 2.75) is 0 Å². The van der Waals surface area contributed by atoms with Gasteiger partial charge in [-0.15, -0.1) is 0 Å². The molecule has 138 valence electrons. The number of thiophene rings is 1. The predicted molar refractivity (Wildman–Crippen MR) is 99.4 cm³/mol. The zero-order valence-corrected chi connectivity index (χ0v) is 15.3. The largest absolute Gasteiger partial charge is 0.482 e. The van der Waals surface area contributed by atoms with Crippen molar-refractivity contribution in [3.63, 3.8) is 0 Å². The predicted octanol–water partition coefficient (Wildman–Crippen LogP) is 1.10. The van der Waals surface area contributed by atoms with Crippen LogP contribution in [-0.4, -0.2) is 72.5 Å². The Kier molecular flexibility index (Phi) is 6.56. The molecule has 3 rings (SSSR count). The summed E-state index contributed by atoms with van der Waals surface area (Å²) in [6, 6.07) is 5.37. The van der Waals surface area contributed by atoms with E-state index >= 15 is 0 Å². The number of pyridine rings is 1. The van der Waals surface area contributed by atoms with Gasteiger partial charge in [0, 0.05) is 56.4 Å². The Hall–Kier alpha value is -2.45. The Balaban J connectivity index is 1.32. The van der Waals surface area contributed by atoms with Crippen molar-refractivity contribution in [2.75, 3.05) is 45.9 Å². The molecule has 2 aromatic heterocycles. The van der Waals surface area contributed by atoms with Gasteiger partial charge in [0.25, 0.3) is 11.8 Å². The highest BCUT2D eigenvalue weighted by molar-refractivity contribution is 7.08. The summed E-state index contributed by atoms with van der Waals surface area (Å²) in [5.74, 6) is 0.549. The monoisotopic (exact) mass is 374 g/mol. The van der Waals surface area contributed by atoms with Crippen LogP contribution in [0.25, 0.3) is 0 Å². The standard InChI is InChI=1S/C18H22N4O3S/c23-17(13-25-16-2-1-4-19-12-16)22-9-7-21(8-10-22)6-5-20-18(24)15-3-11-26-14-15/h1-4,11-12,14H,5-10,13H2,(H,20,24). The molecule has 26 heavy (non-hydrogen) atoms. The van der Waals surface area contributed by atoms with Crippen LogP contribution in [0.1, 0.15) is 10.4 Å². The SMILES string of the molecule is O=C(NCCN1CCN(C(=O)COc2cccnc2)CC1)c1ccsc1. The second-order valence-electron chi connectivity index (χ2n) is 5.97. The summed E-state index contributed by atoms with van der Waals surface area (Å²) in [5, 5.41) is 6.66. The summed E-state index contributed by atoms with van der Waals surface area (Å²) in [6.07, 6.45) is 3.26. The molecule has 1 N–H and O–H groups in total. The number of carbonyl (C=O) groups is 2. The van der Waals surface area contributed by atoms with Crippen molar-refractivity contribution in [1.82, 2.24) is 20.1 Å². The highest BCUT2D eigenvalue weighted by Gasteiger charge is 2.21. The van der Waals surface area contributed by atoms with Crippen LogP contribution >= 0.6 is 11.3 Å². The van der Waals surface area contributed by atoms with E-state index in [0.717, 1.165) is 19.6 Å². The molecule has 2 amide bonds. The van der Waals surface area contributed by atoms with Gasteiger partial charge in [-0.2, -0.15) is 11.3 Å². The molecule has 1 fully saturated rings. The van der Waals surface area contributed by atoms with Gasteiger partial charge in [0.15, 0.2) is 6.61 Å². The summed E-state index contributed by atoms with van der Waals surface area (Å²) in [5.41, 5.74) is 0.707. The second-order valence-corrected chi connectivity index (χ2v) is 6.75. The summed E-state index contributed by atoms with van der Waals surface area (Å²) < 4.78 is 5.46. The number of nitrogens with zero attached hydrogens (tertiary/aromatic N) is 3. The lowest BCUT2D eigenvalue weighted by Crippen LogP contribution is -2.51. The number of aromatic nitrogens is 1. The van der Waals surface area contributed by atoms with E-state index in [4.69, 9.17) is 4.74 Å². The Morgan fingerprint density at radius 3 is 2.77 bits per heavy atom. The quantitative estimate of drug-likeness (QED) is 0.785. The molecule has 0 radical (unpaired) electrons.